The summed E-state index contributed by atoms with van der Waals surface area (Å²) in [7, 11) is 1.78. The monoisotopic (exact) mass is 454 g/mol. The summed E-state index contributed by atoms with van der Waals surface area (Å²) in [6.07, 6.45) is 12.4. The second kappa shape index (κ2) is 7.00. The average molecular weight is 453 g/mol. The summed E-state index contributed by atoms with van der Waals surface area (Å²) in [5.41, 5.74) is 3.00. The van der Waals surface area contributed by atoms with E-state index < -0.39 is 0 Å². The Hall–Kier alpha value is -1.57. The quantitative estimate of drug-likeness (QED) is 0.475. The summed E-state index contributed by atoms with van der Waals surface area (Å²) in [6, 6.07) is 10.7. The summed E-state index contributed by atoms with van der Waals surface area (Å²) < 4.78 is 6.91. The van der Waals surface area contributed by atoms with Gasteiger partial charge in [-0.3, -0.25) is 0 Å². The number of methoxy groups -OCH3 is 1. The molecule has 3 heteroatoms. The van der Waals surface area contributed by atoms with Gasteiger partial charge in [-0.15, -0.1) is 0 Å². The van der Waals surface area contributed by atoms with Gasteiger partial charge in [0.05, 0.1) is 0 Å². The van der Waals surface area contributed by atoms with E-state index >= 15 is 0 Å². The van der Waals surface area contributed by atoms with Gasteiger partial charge in [0, 0.05) is 0 Å². The van der Waals surface area contributed by atoms with Crippen molar-refractivity contribution in [3.63, 3.8) is 0 Å². The fourth-order valence-electron chi connectivity index (χ4n) is 6.32. The standard InChI is InChI=1S/C26H30O2Se/c1-25-13-11-18(28-3)15-17(25)9-10-20-21(25)12-14-26(2)22(20)16-23(24(26)27)29-19-7-5-4-6-8-19/h4-9,12,15,20,22-23H,10-11,13-14,16H2,1-3H3. The number of hydrogen-bond acceptors (Lipinski definition) is 2. The van der Waals surface area contributed by atoms with Crippen molar-refractivity contribution in [1.29, 1.82) is 0 Å². The minimum absolute atomic E-state index is 0.123. The van der Waals surface area contributed by atoms with Gasteiger partial charge in [0.2, 0.25) is 0 Å². The van der Waals surface area contributed by atoms with E-state index in [0.717, 1.165) is 37.9 Å². The first kappa shape index (κ1) is 19.4. The Balaban J connectivity index is 1.45. The second-order valence-electron chi connectivity index (χ2n) is 9.56. The molecule has 1 aromatic rings. The number of rotatable bonds is 3. The van der Waals surface area contributed by atoms with Crippen molar-refractivity contribution in [3.8, 4) is 0 Å². The molecular formula is C26H30O2Se. The Bertz CT molecular complexity index is 927. The van der Waals surface area contributed by atoms with E-state index in [0.29, 0.717) is 17.6 Å². The topological polar surface area (TPSA) is 26.3 Å². The number of ketones is 1. The summed E-state index contributed by atoms with van der Waals surface area (Å²) in [5, 5.41) is 0. The van der Waals surface area contributed by atoms with Gasteiger partial charge < -0.3 is 0 Å². The molecule has 5 atom stereocenters. The van der Waals surface area contributed by atoms with Gasteiger partial charge in [-0.25, -0.2) is 0 Å². The van der Waals surface area contributed by atoms with E-state index in [1.807, 2.05) is 0 Å². The molecule has 1 aromatic carbocycles. The van der Waals surface area contributed by atoms with Crippen LogP contribution in [0.25, 0.3) is 0 Å². The Morgan fingerprint density at radius 3 is 2.69 bits per heavy atom. The molecule has 1 saturated carbocycles. The van der Waals surface area contributed by atoms with E-state index in [9.17, 15) is 4.79 Å². The molecule has 0 amide bonds. The number of Topliss-reactive ketones (excluding diaryl/α,β-unsaturated/α-hetero) is 1. The zero-order valence-electron chi connectivity index (χ0n) is 17.6. The third kappa shape index (κ3) is 2.93. The number of ether oxygens (including phenoxy) is 1. The maximum atomic E-state index is 13.5. The van der Waals surface area contributed by atoms with E-state index in [4.69, 9.17) is 4.74 Å². The van der Waals surface area contributed by atoms with Crippen molar-refractivity contribution < 1.29 is 9.53 Å². The van der Waals surface area contributed by atoms with E-state index in [2.05, 4.69) is 62.4 Å². The van der Waals surface area contributed by atoms with Gasteiger partial charge >= 0.3 is 181 Å². The van der Waals surface area contributed by atoms with Crippen LogP contribution in [0, 0.1) is 22.7 Å². The molecule has 1 fully saturated rings. The number of benzene rings is 1. The molecule has 0 bridgehead atoms. The van der Waals surface area contributed by atoms with E-state index in [-0.39, 0.29) is 30.6 Å². The van der Waals surface area contributed by atoms with Crippen LogP contribution in [0.1, 0.15) is 46.0 Å². The van der Waals surface area contributed by atoms with Gasteiger partial charge in [-0.05, 0) is 0 Å². The Morgan fingerprint density at radius 1 is 1.14 bits per heavy atom. The Labute approximate surface area is 180 Å². The van der Waals surface area contributed by atoms with Crippen molar-refractivity contribution >= 4 is 25.2 Å². The molecule has 5 unspecified atom stereocenters. The predicted octanol–water partition coefficient (Wildman–Crippen LogP) is 5.01. The third-order valence-electron chi connectivity index (χ3n) is 8.11. The van der Waals surface area contributed by atoms with Crippen LogP contribution in [-0.4, -0.2) is 27.8 Å². The van der Waals surface area contributed by atoms with Crippen molar-refractivity contribution in [1.82, 2.24) is 0 Å². The van der Waals surface area contributed by atoms with Crippen LogP contribution in [0.5, 0.6) is 0 Å². The van der Waals surface area contributed by atoms with Crippen LogP contribution < -0.4 is 4.46 Å². The fourth-order valence-corrected chi connectivity index (χ4v) is 9.10. The summed E-state index contributed by atoms with van der Waals surface area (Å²) in [4.78, 5) is 13.8. The van der Waals surface area contributed by atoms with Gasteiger partial charge in [0.25, 0.3) is 0 Å². The molecule has 4 aliphatic rings. The van der Waals surface area contributed by atoms with Crippen LogP contribution in [-0.2, 0) is 9.53 Å². The molecule has 152 valence electrons. The van der Waals surface area contributed by atoms with Gasteiger partial charge in [-0.2, -0.15) is 0 Å². The van der Waals surface area contributed by atoms with Crippen molar-refractivity contribution in [2.24, 2.45) is 22.7 Å². The Kier molecular flexibility index (Phi) is 4.68. The number of carbonyl (C=O) groups is 1. The first-order valence-electron chi connectivity index (χ1n) is 10.9. The van der Waals surface area contributed by atoms with Gasteiger partial charge in [0.1, 0.15) is 0 Å². The van der Waals surface area contributed by atoms with E-state index in [1.165, 1.54) is 10.0 Å². The predicted molar refractivity (Wildman–Crippen MR) is 118 cm³/mol. The van der Waals surface area contributed by atoms with Crippen LogP contribution in [0.15, 0.2) is 65.5 Å². The molecule has 0 heterocycles. The molecule has 0 radical (unpaired) electrons. The average Bonchev–Trinajstić information content (AvgIpc) is 2.99. The summed E-state index contributed by atoms with van der Waals surface area (Å²) >= 11 is 0.235. The molecule has 0 aromatic heterocycles. The molecule has 5 rings (SSSR count). The van der Waals surface area contributed by atoms with Crippen molar-refractivity contribution in [2.75, 3.05) is 7.11 Å². The number of carbonyl (C=O) groups excluding carboxylic acids is 1. The minimum atomic E-state index is -0.167. The third-order valence-corrected chi connectivity index (χ3v) is 10.7. The molecular weight excluding hydrogens is 423 g/mol. The number of allylic oxidation sites excluding steroid dienone is 6. The molecule has 4 aliphatic carbocycles. The number of hydrogen-bond donors (Lipinski definition) is 0. The SMILES string of the molecule is COC1=CC2=CCC3C(=CCC4(C)C(=O)C([Se]c5ccccc5)CC34)C2(C)CC1. The van der Waals surface area contributed by atoms with Crippen LogP contribution in [0.4, 0.5) is 0 Å². The zero-order chi connectivity index (χ0) is 20.2. The first-order valence-corrected chi connectivity index (χ1v) is 12.7. The zero-order valence-corrected chi connectivity index (χ0v) is 19.3. The number of fused-ring (bicyclic) bond motifs is 5. The normalized spacial score (nSPS) is 38.2. The molecule has 0 aliphatic heterocycles. The molecule has 0 saturated heterocycles. The molecule has 29 heavy (non-hydrogen) atoms. The van der Waals surface area contributed by atoms with Gasteiger partial charge in [0.15, 0.2) is 0 Å². The van der Waals surface area contributed by atoms with Crippen LogP contribution in [0.3, 0.4) is 0 Å². The fraction of sp³-hybridized carbons (Fsp3) is 0.500. The van der Waals surface area contributed by atoms with Gasteiger partial charge in [-0.1, -0.05) is 0 Å². The van der Waals surface area contributed by atoms with Crippen molar-refractivity contribution in [2.45, 2.75) is 50.8 Å². The second-order valence-corrected chi connectivity index (χ2v) is 12.2. The summed E-state index contributed by atoms with van der Waals surface area (Å²) in [6.45, 7) is 4.68. The van der Waals surface area contributed by atoms with E-state index in [1.54, 1.807) is 12.7 Å². The molecule has 2 nitrogen and oxygen atoms in total. The van der Waals surface area contributed by atoms with Crippen LogP contribution >= 0.6 is 0 Å². The van der Waals surface area contributed by atoms with Crippen LogP contribution in [0.2, 0.25) is 4.82 Å². The molecule has 0 N–H and O–H groups in total. The first-order chi connectivity index (χ1) is 14.0. The van der Waals surface area contributed by atoms with Crippen molar-refractivity contribution in [3.05, 3.63) is 65.5 Å². The Morgan fingerprint density at radius 2 is 1.93 bits per heavy atom. The summed E-state index contributed by atoms with van der Waals surface area (Å²) in [5.74, 6) is 2.66. The maximum absolute atomic E-state index is 13.5. The molecule has 0 spiro atoms.